The van der Waals surface area contributed by atoms with Gasteiger partial charge in [0, 0.05) is 30.1 Å². The van der Waals surface area contributed by atoms with Crippen LogP contribution in [-0.2, 0) is 11.2 Å². The van der Waals surface area contributed by atoms with Crippen molar-refractivity contribution in [3.63, 3.8) is 0 Å². The Morgan fingerprint density at radius 2 is 2.38 bits per heavy atom. The van der Waals surface area contributed by atoms with Crippen LogP contribution in [0.3, 0.4) is 0 Å². The van der Waals surface area contributed by atoms with Gasteiger partial charge in [0.05, 0.1) is 5.92 Å². The van der Waals surface area contributed by atoms with Gasteiger partial charge in [-0.25, -0.2) is 0 Å². The SMILES string of the molecule is Cc1cc(C(=O)N2C[C@H]3C[C@@H]2C3C(=O)NCCc2cccs2)no1. The summed E-state index contributed by atoms with van der Waals surface area (Å²) in [7, 11) is 0. The molecule has 0 aromatic carbocycles. The fourth-order valence-corrected chi connectivity index (χ4v) is 4.45. The molecule has 2 saturated heterocycles. The summed E-state index contributed by atoms with van der Waals surface area (Å²) in [6.45, 7) is 3.04. The zero-order chi connectivity index (χ0) is 16.7. The van der Waals surface area contributed by atoms with Crippen molar-refractivity contribution in [2.75, 3.05) is 13.1 Å². The molecule has 4 heterocycles. The van der Waals surface area contributed by atoms with Crippen LogP contribution in [0.1, 0.15) is 27.5 Å². The van der Waals surface area contributed by atoms with Crippen LogP contribution >= 0.6 is 11.3 Å². The molecule has 2 bridgehead atoms. The van der Waals surface area contributed by atoms with E-state index in [-0.39, 0.29) is 29.7 Å². The number of carbonyl (C=O) groups excluding carboxylic acids is 2. The Kier molecular flexibility index (Phi) is 3.88. The zero-order valence-corrected chi connectivity index (χ0v) is 14.2. The van der Waals surface area contributed by atoms with Crippen LogP contribution in [0.5, 0.6) is 0 Å². The molecular formula is C17H19N3O3S. The minimum Gasteiger partial charge on any atom is -0.361 e. The molecule has 2 aliphatic heterocycles. The normalized spacial score (nSPS) is 24.7. The van der Waals surface area contributed by atoms with Gasteiger partial charge in [-0.3, -0.25) is 9.59 Å². The molecule has 6 nitrogen and oxygen atoms in total. The molecule has 7 heteroatoms. The maximum atomic E-state index is 12.5. The molecule has 1 N–H and O–H groups in total. The third-order valence-corrected chi connectivity index (χ3v) is 5.90. The number of fused-ring (bicyclic) bond motifs is 1. The minimum atomic E-state index is -0.131. The number of rotatable bonds is 5. The quantitative estimate of drug-likeness (QED) is 0.897. The number of nitrogens with one attached hydrogen (secondary N) is 1. The van der Waals surface area contributed by atoms with Gasteiger partial charge in [-0.15, -0.1) is 11.3 Å². The first-order valence-corrected chi connectivity index (χ1v) is 9.06. The Morgan fingerprint density at radius 3 is 3.08 bits per heavy atom. The lowest BCUT2D eigenvalue weighted by atomic mass is 9.73. The lowest BCUT2D eigenvalue weighted by Crippen LogP contribution is -2.49. The van der Waals surface area contributed by atoms with Crippen molar-refractivity contribution >= 4 is 23.2 Å². The van der Waals surface area contributed by atoms with Gasteiger partial charge in [0.2, 0.25) is 5.91 Å². The van der Waals surface area contributed by atoms with Crippen LogP contribution in [0.25, 0.3) is 0 Å². The fourth-order valence-electron chi connectivity index (χ4n) is 3.74. The van der Waals surface area contributed by atoms with Gasteiger partial charge >= 0.3 is 0 Å². The van der Waals surface area contributed by atoms with Crippen molar-refractivity contribution < 1.29 is 14.1 Å². The van der Waals surface area contributed by atoms with Crippen LogP contribution < -0.4 is 5.32 Å². The lowest BCUT2D eigenvalue weighted by molar-refractivity contribution is -0.129. The molecular weight excluding hydrogens is 326 g/mol. The Labute approximate surface area is 143 Å². The fraction of sp³-hybridized carbons (Fsp3) is 0.471. The number of carbonyl (C=O) groups is 2. The molecule has 2 aromatic heterocycles. The van der Waals surface area contributed by atoms with Crippen molar-refractivity contribution in [3.05, 3.63) is 39.9 Å². The largest absolute Gasteiger partial charge is 0.361 e. The maximum Gasteiger partial charge on any atom is 0.276 e. The van der Waals surface area contributed by atoms with Crippen molar-refractivity contribution in [3.8, 4) is 0 Å². The Bertz CT molecular complexity index is 755. The molecule has 1 unspecified atom stereocenters. The summed E-state index contributed by atoms with van der Waals surface area (Å²) in [6, 6.07) is 5.74. The number of nitrogens with zero attached hydrogens (tertiary/aromatic N) is 2. The van der Waals surface area contributed by atoms with Crippen molar-refractivity contribution in [2.45, 2.75) is 25.8 Å². The highest BCUT2D eigenvalue weighted by atomic mass is 32.1. The molecule has 3 atom stereocenters. The van der Waals surface area contributed by atoms with E-state index in [1.54, 1.807) is 29.2 Å². The Morgan fingerprint density at radius 1 is 1.50 bits per heavy atom. The third kappa shape index (κ3) is 2.62. The highest BCUT2D eigenvalue weighted by Crippen LogP contribution is 2.46. The first-order chi connectivity index (χ1) is 11.6. The molecule has 5 rings (SSSR count). The van der Waals surface area contributed by atoms with Gasteiger partial charge < -0.3 is 14.7 Å². The average Bonchev–Trinajstić information content (AvgIpc) is 3.30. The molecule has 126 valence electrons. The Balaban J connectivity index is 1.33. The van der Waals surface area contributed by atoms with Crippen molar-refractivity contribution in [2.24, 2.45) is 11.8 Å². The van der Waals surface area contributed by atoms with E-state index < -0.39 is 0 Å². The molecule has 0 spiro atoms. The van der Waals surface area contributed by atoms with Gasteiger partial charge in [0.25, 0.3) is 5.91 Å². The number of thiophene rings is 1. The maximum absolute atomic E-state index is 12.5. The smallest absolute Gasteiger partial charge is 0.276 e. The van der Waals surface area contributed by atoms with Gasteiger partial charge in [0.15, 0.2) is 5.69 Å². The summed E-state index contributed by atoms with van der Waals surface area (Å²) in [6.07, 6.45) is 1.76. The van der Waals surface area contributed by atoms with Crippen LogP contribution in [-0.4, -0.2) is 41.0 Å². The average molecular weight is 345 g/mol. The van der Waals surface area contributed by atoms with E-state index in [4.69, 9.17) is 4.52 Å². The number of hydrogen-bond donors (Lipinski definition) is 1. The summed E-state index contributed by atoms with van der Waals surface area (Å²) >= 11 is 1.70. The second-order valence-corrected chi connectivity index (χ2v) is 7.52. The van der Waals surface area contributed by atoms with E-state index in [1.165, 1.54) is 4.88 Å². The Hall–Kier alpha value is -2.15. The van der Waals surface area contributed by atoms with E-state index in [1.807, 2.05) is 11.4 Å². The molecule has 2 aromatic rings. The second-order valence-electron chi connectivity index (χ2n) is 6.49. The predicted octanol–water partition coefficient (Wildman–Crippen LogP) is 1.86. The van der Waals surface area contributed by atoms with Gasteiger partial charge in [-0.1, -0.05) is 11.2 Å². The summed E-state index contributed by atoms with van der Waals surface area (Å²) in [5.74, 6) is 0.749. The van der Waals surface area contributed by atoms with E-state index >= 15 is 0 Å². The second kappa shape index (κ2) is 6.05. The number of aromatic nitrogens is 1. The van der Waals surface area contributed by atoms with Crippen molar-refractivity contribution in [1.29, 1.82) is 0 Å². The lowest BCUT2D eigenvalue weighted by Gasteiger charge is -2.35. The van der Waals surface area contributed by atoms with E-state index in [9.17, 15) is 9.59 Å². The molecule has 2 amide bonds. The predicted molar refractivity (Wildman–Crippen MR) is 88.7 cm³/mol. The summed E-state index contributed by atoms with van der Waals surface area (Å²) in [5, 5.41) is 8.86. The van der Waals surface area contributed by atoms with Crippen LogP contribution in [0, 0.1) is 18.8 Å². The molecule has 1 aliphatic carbocycles. The molecule has 3 aliphatic rings. The molecule has 3 fully saturated rings. The topological polar surface area (TPSA) is 75.4 Å². The minimum absolute atomic E-state index is 0.00115. The van der Waals surface area contributed by atoms with Crippen molar-refractivity contribution in [1.82, 2.24) is 15.4 Å². The number of amides is 2. The summed E-state index contributed by atoms with van der Waals surface area (Å²) < 4.78 is 4.98. The van der Waals surface area contributed by atoms with E-state index in [0.29, 0.717) is 24.5 Å². The van der Waals surface area contributed by atoms with E-state index in [2.05, 4.69) is 16.5 Å². The molecule has 24 heavy (non-hydrogen) atoms. The van der Waals surface area contributed by atoms with Crippen LogP contribution in [0.15, 0.2) is 28.1 Å². The first kappa shape index (κ1) is 15.4. The highest BCUT2D eigenvalue weighted by molar-refractivity contribution is 7.09. The third-order valence-electron chi connectivity index (χ3n) is 4.96. The number of aryl methyl sites for hydroxylation is 1. The standard InChI is InChI=1S/C17H19N3O3S/c1-10-7-13(19-23-10)17(22)20-9-11-8-14(20)15(11)16(21)18-5-4-12-3-2-6-24-12/h2-3,6-7,11,14-15H,4-5,8-9H2,1H3,(H,18,21)/t11-,14-,15?/m1/s1. The molecule has 0 radical (unpaired) electrons. The summed E-state index contributed by atoms with van der Waals surface area (Å²) in [5.41, 5.74) is 0.330. The van der Waals surface area contributed by atoms with Crippen LogP contribution in [0.4, 0.5) is 0 Å². The van der Waals surface area contributed by atoms with Crippen LogP contribution in [0.2, 0.25) is 0 Å². The number of hydrogen-bond acceptors (Lipinski definition) is 5. The molecule has 1 saturated carbocycles. The van der Waals surface area contributed by atoms with Gasteiger partial charge in [-0.05, 0) is 37.1 Å². The summed E-state index contributed by atoms with van der Waals surface area (Å²) in [4.78, 5) is 28.0. The van der Waals surface area contributed by atoms with Gasteiger partial charge in [0.1, 0.15) is 5.76 Å². The zero-order valence-electron chi connectivity index (χ0n) is 13.4. The highest BCUT2D eigenvalue weighted by Gasteiger charge is 2.57. The van der Waals surface area contributed by atoms with E-state index in [0.717, 1.165) is 12.8 Å². The monoisotopic (exact) mass is 345 g/mol. The first-order valence-electron chi connectivity index (χ1n) is 8.18. The van der Waals surface area contributed by atoms with Gasteiger partial charge in [-0.2, -0.15) is 0 Å².